The minimum Gasteiger partial charge on any atom is -0.351 e. The lowest BCUT2D eigenvalue weighted by Crippen LogP contribution is -2.27. The highest BCUT2D eigenvalue weighted by Gasteiger charge is 2.11. The zero-order valence-electron chi connectivity index (χ0n) is 14.0. The molecule has 2 heterocycles. The molecule has 2 N–H and O–H groups in total. The molecular weight excluding hydrogens is 304 g/mol. The minimum atomic E-state index is -0.266. The van der Waals surface area contributed by atoms with E-state index in [1.54, 1.807) is 18.5 Å². The monoisotopic (exact) mass is 326 g/mol. The lowest BCUT2D eigenvalue weighted by atomic mass is 10.1. The summed E-state index contributed by atoms with van der Waals surface area (Å²) >= 11 is 0. The molecule has 6 heteroatoms. The summed E-state index contributed by atoms with van der Waals surface area (Å²) in [7, 11) is 0. The van der Waals surface area contributed by atoms with E-state index in [0.29, 0.717) is 24.6 Å². The molecule has 0 radical (unpaired) electrons. The van der Waals surface area contributed by atoms with Crippen molar-refractivity contribution in [3.8, 4) is 0 Å². The standard InChI is InChI=1S/C18H22N4O2/c1-13(2)5-8-21-18(24)16-10-15(6-9-20-16)17(23)22-12-14-4-3-7-19-11-14/h3-4,6-7,9-11,13H,5,8,12H2,1-2H3,(H,21,24)(H,22,23). The van der Waals surface area contributed by atoms with E-state index in [-0.39, 0.29) is 17.5 Å². The number of carbonyl (C=O) groups excluding carboxylic acids is 2. The third-order valence-corrected chi connectivity index (χ3v) is 3.44. The molecule has 0 saturated heterocycles. The van der Waals surface area contributed by atoms with Gasteiger partial charge in [0.05, 0.1) is 0 Å². The molecule has 0 aromatic carbocycles. The molecule has 0 aliphatic heterocycles. The molecule has 0 fully saturated rings. The fourth-order valence-electron chi connectivity index (χ4n) is 2.05. The first-order valence-electron chi connectivity index (χ1n) is 7.97. The summed E-state index contributed by atoms with van der Waals surface area (Å²) < 4.78 is 0. The fraction of sp³-hybridized carbons (Fsp3) is 0.333. The highest BCUT2D eigenvalue weighted by atomic mass is 16.2. The summed E-state index contributed by atoms with van der Waals surface area (Å²) in [5.41, 5.74) is 1.56. The van der Waals surface area contributed by atoms with Gasteiger partial charge in [-0.3, -0.25) is 19.6 Å². The maximum absolute atomic E-state index is 12.2. The number of hydrogen-bond donors (Lipinski definition) is 2. The molecule has 0 saturated carbocycles. The van der Waals surface area contributed by atoms with E-state index in [4.69, 9.17) is 0 Å². The largest absolute Gasteiger partial charge is 0.351 e. The second kappa shape index (κ2) is 8.76. The van der Waals surface area contributed by atoms with Crippen LogP contribution in [-0.2, 0) is 6.54 Å². The van der Waals surface area contributed by atoms with Crippen molar-refractivity contribution in [1.82, 2.24) is 20.6 Å². The molecule has 0 unspecified atom stereocenters. The van der Waals surface area contributed by atoms with Crippen LogP contribution in [0.2, 0.25) is 0 Å². The molecule has 2 aromatic heterocycles. The van der Waals surface area contributed by atoms with Crippen molar-refractivity contribution >= 4 is 11.8 Å². The van der Waals surface area contributed by atoms with Crippen LogP contribution >= 0.6 is 0 Å². The van der Waals surface area contributed by atoms with Gasteiger partial charge in [-0.2, -0.15) is 0 Å². The number of hydrogen-bond acceptors (Lipinski definition) is 4. The van der Waals surface area contributed by atoms with Crippen LogP contribution in [0.4, 0.5) is 0 Å². The van der Waals surface area contributed by atoms with Crippen molar-refractivity contribution in [2.75, 3.05) is 6.54 Å². The van der Waals surface area contributed by atoms with E-state index in [1.165, 1.54) is 12.3 Å². The Bertz CT molecular complexity index is 686. The molecule has 2 aromatic rings. The van der Waals surface area contributed by atoms with Crippen molar-refractivity contribution in [1.29, 1.82) is 0 Å². The molecule has 0 bridgehead atoms. The maximum atomic E-state index is 12.2. The molecule has 0 atom stereocenters. The molecular formula is C18H22N4O2. The lowest BCUT2D eigenvalue weighted by molar-refractivity contribution is 0.0947. The number of pyridine rings is 2. The zero-order valence-corrected chi connectivity index (χ0v) is 14.0. The first kappa shape index (κ1) is 17.6. The third kappa shape index (κ3) is 5.46. The van der Waals surface area contributed by atoms with Gasteiger partial charge in [0.2, 0.25) is 0 Å². The van der Waals surface area contributed by atoms with Crippen LogP contribution in [0.5, 0.6) is 0 Å². The zero-order chi connectivity index (χ0) is 17.4. The quantitative estimate of drug-likeness (QED) is 0.817. The molecule has 2 rings (SSSR count). The highest BCUT2D eigenvalue weighted by Crippen LogP contribution is 2.04. The van der Waals surface area contributed by atoms with E-state index in [2.05, 4.69) is 34.4 Å². The average Bonchev–Trinajstić information content (AvgIpc) is 2.60. The van der Waals surface area contributed by atoms with Crippen molar-refractivity contribution < 1.29 is 9.59 Å². The van der Waals surface area contributed by atoms with Crippen molar-refractivity contribution in [2.45, 2.75) is 26.8 Å². The van der Waals surface area contributed by atoms with Gasteiger partial charge >= 0.3 is 0 Å². The topological polar surface area (TPSA) is 84.0 Å². The Kier molecular flexibility index (Phi) is 6.42. The van der Waals surface area contributed by atoms with E-state index in [1.807, 2.05) is 12.1 Å². The van der Waals surface area contributed by atoms with Gasteiger partial charge < -0.3 is 10.6 Å². The van der Waals surface area contributed by atoms with Gasteiger partial charge in [-0.25, -0.2) is 0 Å². The van der Waals surface area contributed by atoms with Gasteiger partial charge in [0.25, 0.3) is 11.8 Å². The summed E-state index contributed by atoms with van der Waals surface area (Å²) in [4.78, 5) is 32.3. The van der Waals surface area contributed by atoms with Crippen LogP contribution in [0, 0.1) is 5.92 Å². The van der Waals surface area contributed by atoms with Crippen LogP contribution in [0.25, 0.3) is 0 Å². The number of rotatable bonds is 7. The number of nitrogens with one attached hydrogen (secondary N) is 2. The van der Waals surface area contributed by atoms with Gasteiger partial charge in [-0.1, -0.05) is 19.9 Å². The molecule has 24 heavy (non-hydrogen) atoms. The smallest absolute Gasteiger partial charge is 0.269 e. The van der Waals surface area contributed by atoms with Crippen LogP contribution in [0.3, 0.4) is 0 Å². The fourth-order valence-corrected chi connectivity index (χ4v) is 2.05. The molecule has 126 valence electrons. The third-order valence-electron chi connectivity index (χ3n) is 3.44. The Labute approximate surface area is 141 Å². The number of nitrogens with zero attached hydrogens (tertiary/aromatic N) is 2. The number of carbonyl (C=O) groups is 2. The minimum absolute atomic E-state index is 0.243. The SMILES string of the molecule is CC(C)CCNC(=O)c1cc(C(=O)NCc2cccnc2)ccn1. The summed E-state index contributed by atoms with van der Waals surface area (Å²) in [5.74, 6) is -0.00195. The molecule has 2 amide bonds. The van der Waals surface area contributed by atoms with E-state index in [9.17, 15) is 9.59 Å². The first-order chi connectivity index (χ1) is 11.6. The molecule has 0 aliphatic rings. The van der Waals surface area contributed by atoms with Crippen LogP contribution < -0.4 is 10.6 Å². The van der Waals surface area contributed by atoms with Crippen molar-refractivity contribution in [3.05, 3.63) is 59.7 Å². The number of amides is 2. The molecule has 6 nitrogen and oxygen atoms in total. The Balaban J connectivity index is 1.93. The molecule has 0 aliphatic carbocycles. The van der Waals surface area contributed by atoms with Crippen LogP contribution in [0.1, 0.15) is 46.7 Å². The summed E-state index contributed by atoms with van der Waals surface area (Å²) in [5, 5.41) is 5.61. The normalized spacial score (nSPS) is 10.5. The van der Waals surface area contributed by atoms with E-state index >= 15 is 0 Å². The van der Waals surface area contributed by atoms with Crippen LogP contribution in [0.15, 0.2) is 42.9 Å². The molecule has 0 spiro atoms. The summed E-state index contributed by atoms with van der Waals surface area (Å²) in [6.07, 6.45) is 5.74. The van der Waals surface area contributed by atoms with E-state index < -0.39 is 0 Å². The average molecular weight is 326 g/mol. The Morgan fingerprint density at radius 2 is 1.96 bits per heavy atom. The Morgan fingerprint density at radius 1 is 1.12 bits per heavy atom. The predicted octanol–water partition coefficient (Wildman–Crippen LogP) is 2.18. The van der Waals surface area contributed by atoms with Gasteiger partial charge in [0, 0.05) is 37.2 Å². The summed E-state index contributed by atoms with van der Waals surface area (Å²) in [6, 6.07) is 6.79. The Hall–Kier alpha value is -2.76. The predicted molar refractivity (Wildman–Crippen MR) is 91.4 cm³/mol. The number of aromatic nitrogens is 2. The van der Waals surface area contributed by atoms with Gasteiger partial charge in [0.1, 0.15) is 5.69 Å². The Morgan fingerprint density at radius 3 is 2.67 bits per heavy atom. The van der Waals surface area contributed by atoms with Gasteiger partial charge in [-0.05, 0) is 36.1 Å². The second-order valence-electron chi connectivity index (χ2n) is 5.91. The highest BCUT2D eigenvalue weighted by molar-refractivity contribution is 5.98. The van der Waals surface area contributed by atoms with E-state index in [0.717, 1.165) is 12.0 Å². The van der Waals surface area contributed by atoms with Crippen molar-refractivity contribution in [2.24, 2.45) is 5.92 Å². The second-order valence-corrected chi connectivity index (χ2v) is 5.91. The summed E-state index contributed by atoms with van der Waals surface area (Å²) in [6.45, 7) is 5.16. The maximum Gasteiger partial charge on any atom is 0.269 e. The van der Waals surface area contributed by atoms with Crippen LogP contribution in [-0.4, -0.2) is 28.3 Å². The van der Waals surface area contributed by atoms with Gasteiger partial charge in [0.15, 0.2) is 0 Å². The van der Waals surface area contributed by atoms with Crippen molar-refractivity contribution in [3.63, 3.8) is 0 Å². The van der Waals surface area contributed by atoms with Gasteiger partial charge in [-0.15, -0.1) is 0 Å². The lowest BCUT2D eigenvalue weighted by Gasteiger charge is -2.08. The first-order valence-corrected chi connectivity index (χ1v) is 7.97.